The number of sulfone groups is 1. The molecule has 0 amide bonds. The van der Waals surface area contributed by atoms with E-state index in [0.717, 1.165) is 0 Å². The summed E-state index contributed by atoms with van der Waals surface area (Å²) in [7, 11) is -2.93. The summed E-state index contributed by atoms with van der Waals surface area (Å²) in [6, 6.07) is -0.146. The van der Waals surface area contributed by atoms with Gasteiger partial charge in [0.15, 0.2) is 9.84 Å². The highest BCUT2D eigenvalue weighted by Crippen LogP contribution is 2.23. The second-order valence-corrected chi connectivity index (χ2v) is 6.18. The molecular formula is C9H12N2O4S. The molecule has 2 rings (SSSR count). The lowest BCUT2D eigenvalue weighted by Crippen LogP contribution is -2.11. The molecule has 1 aliphatic rings. The molecule has 88 valence electrons. The number of hydrogen-bond donors (Lipinski definition) is 1. The van der Waals surface area contributed by atoms with Crippen LogP contribution in [0.3, 0.4) is 0 Å². The van der Waals surface area contributed by atoms with Crippen LogP contribution in [0.5, 0.6) is 0 Å². The van der Waals surface area contributed by atoms with Gasteiger partial charge >= 0.3 is 5.97 Å². The van der Waals surface area contributed by atoms with Crippen molar-refractivity contribution in [3.8, 4) is 0 Å². The maximum atomic E-state index is 11.3. The molecular weight excluding hydrogens is 232 g/mol. The molecule has 6 nitrogen and oxygen atoms in total. The number of hydrogen-bond acceptors (Lipinski definition) is 4. The molecule has 0 spiro atoms. The largest absolute Gasteiger partial charge is 0.481 e. The Labute approximate surface area is 92.8 Å². The summed E-state index contributed by atoms with van der Waals surface area (Å²) in [5.41, 5.74) is 0.594. The Morgan fingerprint density at radius 2 is 2.38 bits per heavy atom. The zero-order valence-electron chi connectivity index (χ0n) is 8.54. The van der Waals surface area contributed by atoms with E-state index in [1.54, 1.807) is 10.9 Å². The van der Waals surface area contributed by atoms with Gasteiger partial charge in [0.1, 0.15) is 0 Å². The molecule has 7 heteroatoms. The number of nitrogens with zero attached hydrogens (tertiary/aromatic N) is 2. The molecule has 0 aromatic carbocycles. The quantitative estimate of drug-likeness (QED) is 0.800. The van der Waals surface area contributed by atoms with Crippen molar-refractivity contribution in [2.75, 3.05) is 11.5 Å². The monoisotopic (exact) mass is 244 g/mol. The van der Waals surface area contributed by atoms with Crippen LogP contribution in [0.4, 0.5) is 0 Å². The lowest BCUT2D eigenvalue weighted by atomic mass is 10.2. The summed E-state index contributed by atoms with van der Waals surface area (Å²) < 4.78 is 24.1. The minimum atomic E-state index is -2.93. The Balaban J connectivity index is 2.11. The average molecular weight is 244 g/mol. The maximum absolute atomic E-state index is 11.3. The van der Waals surface area contributed by atoms with Gasteiger partial charge in [0, 0.05) is 11.8 Å². The molecule has 0 aliphatic carbocycles. The number of carboxylic acids is 1. The number of rotatable bonds is 3. The molecule has 1 fully saturated rings. The average Bonchev–Trinajstić information content (AvgIpc) is 2.71. The summed E-state index contributed by atoms with van der Waals surface area (Å²) in [5.74, 6) is -0.633. The summed E-state index contributed by atoms with van der Waals surface area (Å²) in [6.45, 7) is 0. The van der Waals surface area contributed by atoms with E-state index in [0.29, 0.717) is 12.0 Å². The molecule has 16 heavy (non-hydrogen) atoms. The van der Waals surface area contributed by atoms with Gasteiger partial charge in [0.05, 0.1) is 30.2 Å². The van der Waals surface area contributed by atoms with Gasteiger partial charge in [-0.25, -0.2) is 8.42 Å². The van der Waals surface area contributed by atoms with E-state index in [2.05, 4.69) is 5.10 Å². The van der Waals surface area contributed by atoms with E-state index in [1.807, 2.05) is 0 Å². The second-order valence-electron chi connectivity index (χ2n) is 3.96. The fourth-order valence-corrected chi connectivity index (χ4v) is 3.53. The topological polar surface area (TPSA) is 89.3 Å². The van der Waals surface area contributed by atoms with Gasteiger partial charge in [-0.05, 0) is 6.42 Å². The number of carboxylic acid groups (broad SMARTS) is 1. The fraction of sp³-hybridized carbons (Fsp3) is 0.556. The number of aliphatic carboxylic acids is 1. The molecule has 1 aromatic rings. The Morgan fingerprint density at radius 1 is 1.62 bits per heavy atom. The van der Waals surface area contributed by atoms with Crippen LogP contribution in [-0.4, -0.2) is 40.8 Å². The van der Waals surface area contributed by atoms with E-state index in [1.165, 1.54) is 6.20 Å². The van der Waals surface area contributed by atoms with Crippen molar-refractivity contribution in [2.24, 2.45) is 0 Å². The van der Waals surface area contributed by atoms with Crippen LogP contribution in [0.15, 0.2) is 12.4 Å². The first-order chi connectivity index (χ1) is 7.46. The molecule has 1 saturated heterocycles. The van der Waals surface area contributed by atoms with Crippen molar-refractivity contribution in [3.05, 3.63) is 18.0 Å². The molecule has 0 radical (unpaired) electrons. The Morgan fingerprint density at radius 3 is 2.94 bits per heavy atom. The van der Waals surface area contributed by atoms with Crippen LogP contribution in [0.25, 0.3) is 0 Å². The van der Waals surface area contributed by atoms with Crippen LogP contribution in [-0.2, 0) is 21.1 Å². The van der Waals surface area contributed by atoms with Crippen molar-refractivity contribution in [1.29, 1.82) is 0 Å². The highest BCUT2D eigenvalue weighted by Gasteiger charge is 2.29. The van der Waals surface area contributed by atoms with Crippen molar-refractivity contribution in [1.82, 2.24) is 9.78 Å². The Kier molecular flexibility index (Phi) is 2.71. The van der Waals surface area contributed by atoms with Gasteiger partial charge in [-0.3, -0.25) is 9.48 Å². The highest BCUT2D eigenvalue weighted by atomic mass is 32.2. The third kappa shape index (κ3) is 2.41. The summed E-state index contributed by atoms with van der Waals surface area (Å²) in [4.78, 5) is 10.5. The SMILES string of the molecule is O=C(O)Cc1cnn(C2CCS(=O)(=O)C2)c1. The first kappa shape index (κ1) is 11.1. The summed E-state index contributed by atoms with van der Waals surface area (Å²) in [5, 5.41) is 12.6. The van der Waals surface area contributed by atoms with Gasteiger partial charge in [0.25, 0.3) is 0 Å². The first-order valence-corrected chi connectivity index (χ1v) is 6.74. The van der Waals surface area contributed by atoms with Crippen LogP contribution in [0.1, 0.15) is 18.0 Å². The molecule has 1 N–H and O–H groups in total. The summed E-state index contributed by atoms with van der Waals surface area (Å²) in [6.07, 6.45) is 3.55. The van der Waals surface area contributed by atoms with E-state index in [4.69, 9.17) is 5.11 Å². The van der Waals surface area contributed by atoms with E-state index in [-0.39, 0.29) is 24.0 Å². The smallest absolute Gasteiger partial charge is 0.307 e. The van der Waals surface area contributed by atoms with Gasteiger partial charge in [0.2, 0.25) is 0 Å². The molecule has 1 unspecified atom stereocenters. The van der Waals surface area contributed by atoms with E-state index < -0.39 is 15.8 Å². The van der Waals surface area contributed by atoms with Crippen LogP contribution >= 0.6 is 0 Å². The van der Waals surface area contributed by atoms with Crippen molar-refractivity contribution >= 4 is 15.8 Å². The van der Waals surface area contributed by atoms with Crippen molar-refractivity contribution in [2.45, 2.75) is 18.9 Å². The first-order valence-electron chi connectivity index (χ1n) is 4.91. The third-order valence-corrected chi connectivity index (χ3v) is 4.34. The molecule has 1 atom stereocenters. The predicted octanol–water partition coefficient (Wildman–Crippen LogP) is -0.130. The molecule has 0 saturated carbocycles. The Bertz CT molecular complexity index is 505. The maximum Gasteiger partial charge on any atom is 0.307 e. The molecule has 2 heterocycles. The predicted molar refractivity (Wildman–Crippen MR) is 55.9 cm³/mol. The molecule has 1 aliphatic heterocycles. The third-order valence-electron chi connectivity index (χ3n) is 2.59. The molecule has 1 aromatic heterocycles. The van der Waals surface area contributed by atoms with Gasteiger partial charge in [-0.15, -0.1) is 0 Å². The van der Waals surface area contributed by atoms with E-state index in [9.17, 15) is 13.2 Å². The minimum absolute atomic E-state index is 0.0839. The van der Waals surface area contributed by atoms with Gasteiger partial charge in [-0.2, -0.15) is 5.10 Å². The van der Waals surface area contributed by atoms with Crippen molar-refractivity contribution < 1.29 is 18.3 Å². The normalized spacial score (nSPS) is 23.4. The van der Waals surface area contributed by atoms with Crippen LogP contribution < -0.4 is 0 Å². The second kappa shape index (κ2) is 3.89. The number of carbonyl (C=O) groups is 1. The minimum Gasteiger partial charge on any atom is -0.481 e. The van der Waals surface area contributed by atoms with Gasteiger partial charge in [-0.1, -0.05) is 0 Å². The van der Waals surface area contributed by atoms with Crippen LogP contribution in [0.2, 0.25) is 0 Å². The zero-order chi connectivity index (χ0) is 11.8. The van der Waals surface area contributed by atoms with Crippen LogP contribution in [0, 0.1) is 0 Å². The standard InChI is InChI=1S/C9H12N2O4S/c12-9(13)3-7-4-10-11(5-7)8-1-2-16(14,15)6-8/h4-5,8H,1-3,6H2,(H,12,13). The fourth-order valence-electron chi connectivity index (χ4n) is 1.83. The highest BCUT2D eigenvalue weighted by molar-refractivity contribution is 7.91. The van der Waals surface area contributed by atoms with Crippen molar-refractivity contribution in [3.63, 3.8) is 0 Å². The lowest BCUT2D eigenvalue weighted by Gasteiger charge is -2.06. The Hall–Kier alpha value is -1.37. The number of aromatic nitrogens is 2. The summed E-state index contributed by atoms with van der Waals surface area (Å²) >= 11 is 0. The van der Waals surface area contributed by atoms with Gasteiger partial charge < -0.3 is 5.11 Å². The van der Waals surface area contributed by atoms with E-state index >= 15 is 0 Å². The lowest BCUT2D eigenvalue weighted by molar-refractivity contribution is -0.136. The molecule has 0 bridgehead atoms. The zero-order valence-corrected chi connectivity index (χ0v) is 9.35.